The molecular formula is C22H26ClN5. The number of hydrogen-bond acceptors (Lipinski definition) is 5. The van der Waals surface area contributed by atoms with Crippen LogP contribution in [0.15, 0.2) is 30.3 Å². The highest BCUT2D eigenvalue weighted by molar-refractivity contribution is 6.31. The Bertz CT molecular complexity index is 882. The summed E-state index contributed by atoms with van der Waals surface area (Å²) in [4.78, 5) is 9.37. The molecule has 0 unspecified atom stereocenters. The molecule has 4 rings (SSSR count). The van der Waals surface area contributed by atoms with Gasteiger partial charge >= 0.3 is 0 Å². The number of pyridine rings is 1. The van der Waals surface area contributed by atoms with E-state index in [-0.39, 0.29) is 0 Å². The van der Waals surface area contributed by atoms with Crippen LogP contribution in [0.2, 0.25) is 5.15 Å². The summed E-state index contributed by atoms with van der Waals surface area (Å²) in [5.74, 6) is 0. The van der Waals surface area contributed by atoms with Gasteiger partial charge in [0, 0.05) is 50.4 Å². The van der Waals surface area contributed by atoms with Crippen molar-refractivity contribution in [1.29, 1.82) is 5.26 Å². The van der Waals surface area contributed by atoms with Crippen LogP contribution in [0, 0.1) is 11.3 Å². The number of piperazine rings is 1. The molecule has 0 spiro atoms. The van der Waals surface area contributed by atoms with Gasteiger partial charge in [-0.3, -0.25) is 4.90 Å². The lowest BCUT2D eigenvalue weighted by atomic mass is 9.97. The van der Waals surface area contributed by atoms with Gasteiger partial charge in [-0.1, -0.05) is 41.9 Å². The third-order valence-electron chi connectivity index (χ3n) is 5.60. The molecule has 2 aliphatic rings. The highest BCUT2D eigenvalue weighted by Gasteiger charge is 2.30. The zero-order valence-electron chi connectivity index (χ0n) is 16.5. The Hall–Kier alpha value is -2.13. The molecule has 6 heteroatoms. The molecule has 2 atom stereocenters. The fourth-order valence-corrected chi connectivity index (χ4v) is 4.75. The summed E-state index contributed by atoms with van der Waals surface area (Å²) in [6.45, 7) is 8.74. The smallest absolute Gasteiger partial charge is 0.149 e. The zero-order valence-corrected chi connectivity index (χ0v) is 17.2. The first-order valence-electron chi connectivity index (χ1n) is 9.93. The maximum atomic E-state index is 9.78. The second-order valence-electron chi connectivity index (χ2n) is 7.98. The van der Waals surface area contributed by atoms with Crippen LogP contribution in [0.4, 0.5) is 5.69 Å². The van der Waals surface area contributed by atoms with E-state index in [1.165, 1.54) is 11.1 Å². The maximum absolute atomic E-state index is 9.78. The van der Waals surface area contributed by atoms with Gasteiger partial charge in [-0.05, 0) is 25.8 Å². The molecule has 3 heterocycles. The average molecular weight is 396 g/mol. The second-order valence-corrected chi connectivity index (χ2v) is 8.34. The van der Waals surface area contributed by atoms with Crippen LogP contribution in [-0.4, -0.2) is 41.6 Å². The summed E-state index contributed by atoms with van der Waals surface area (Å²) in [7, 11) is 0. The van der Waals surface area contributed by atoms with E-state index >= 15 is 0 Å². The fourth-order valence-electron chi connectivity index (χ4n) is 4.52. The minimum absolute atomic E-state index is 0.330. The molecule has 0 bridgehead atoms. The Labute approximate surface area is 171 Å². The third-order valence-corrected chi connectivity index (χ3v) is 5.87. The molecule has 146 valence electrons. The predicted octanol–water partition coefficient (Wildman–Crippen LogP) is 3.35. The number of nitrogens with one attached hydrogen (secondary N) is 1. The van der Waals surface area contributed by atoms with Gasteiger partial charge < -0.3 is 10.2 Å². The van der Waals surface area contributed by atoms with Gasteiger partial charge in [-0.15, -0.1) is 0 Å². The Kier molecular flexibility index (Phi) is 5.54. The number of fused-ring (bicyclic) bond motifs is 1. The molecule has 1 aromatic carbocycles. The number of halogens is 1. The van der Waals surface area contributed by atoms with Crippen molar-refractivity contribution in [1.82, 2.24) is 15.2 Å². The molecule has 2 aliphatic heterocycles. The van der Waals surface area contributed by atoms with Crippen molar-refractivity contribution in [3.05, 3.63) is 57.9 Å². The lowest BCUT2D eigenvalue weighted by molar-refractivity contribution is 0.241. The van der Waals surface area contributed by atoms with Gasteiger partial charge in [0.2, 0.25) is 0 Å². The summed E-state index contributed by atoms with van der Waals surface area (Å²) < 4.78 is 0. The van der Waals surface area contributed by atoms with E-state index in [9.17, 15) is 5.26 Å². The van der Waals surface area contributed by atoms with Crippen LogP contribution < -0.4 is 10.2 Å². The quantitative estimate of drug-likeness (QED) is 0.807. The van der Waals surface area contributed by atoms with E-state index in [1.807, 2.05) is 6.07 Å². The van der Waals surface area contributed by atoms with Gasteiger partial charge in [-0.25, -0.2) is 4.98 Å². The van der Waals surface area contributed by atoms with Crippen LogP contribution in [0.25, 0.3) is 0 Å². The van der Waals surface area contributed by atoms with Crippen molar-refractivity contribution in [2.45, 2.75) is 45.4 Å². The molecule has 0 amide bonds. The lowest BCUT2D eigenvalue weighted by Gasteiger charge is -2.40. The Morgan fingerprint density at radius 3 is 2.61 bits per heavy atom. The van der Waals surface area contributed by atoms with E-state index in [2.05, 4.69) is 64.3 Å². The van der Waals surface area contributed by atoms with Gasteiger partial charge in [0.1, 0.15) is 16.8 Å². The van der Waals surface area contributed by atoms with Gasteiger partial charge in [0.25, 0.3) is 0 Å². The van der Waals surface area contributed by atoms with Crippen LogP contribution in [0.5, 0.6) is 0 Å². The topological polar surface area (TPSA) is 55.2 Å². The number of hydrogen-bond donors (Lipinski definition) is 1. The van der Waals surface area contributed by atoms with E-state index in [0.717, 1.165) is 50.5 Å². The number of anilines is 1. The molecule has 28 heavy (non-hydrogen) atoms. The molecule has 0 saturated carbocycles. The van der Waals surface area contributed by atoms with Crippen molar-refractivity contribution in [3.8, 4) is 6.07 Å². The van der Waals surface area contributed by atoms with E-state index in [0.29, 0.717) is 22.8 Å². The molecule has 1 N–H and O–H groups in total. The Morgan fingerprint density at radius 2 is 1.93 bits per heavy atom. The number of nitriles is 1. The number of aromatic nitrogens is 1. The molecule has 0 radical (unpaired) electrons. The minimum Gasteiger partial charge on any atom is -0.367 e. The summed E-state index contributed by atoms with van der Waals surface area (Å²) >= 11 is 6.47. The van der Waals surface area contributed by atoms with Crippen LogP contribution in [0.3, 0.4) is 0 Å². The van der Waals surface area contributed by atoms with E-state index in [4.69, 9.17) is 11.6 Å². The third kappa shape index (κ3) is 3.86. The highest BCUT2D eigenvalue weighted by atomic mass is 35.5. The number of rotatable bonds is 3. The van der Waals surface area contributed by atoms with Gasteiger partial charge in [0.05, 0.1) is 11.4 Å². The molecule has 1 aromatic heterocycles. The Morgan fingerprint density at radius 1 is 1.21 bits per heavy atom. The monoisotopic (exact) mass is 395 g/mol. The number of nitrogens with zero attached hydrogens (tertiary/aromatic N) is 4. The SMILES string of the molecule is C[C@@H]1CN(c2c(C#N)c(Cl)nc3c2CCN(Cc2ccccc2)C3)C[C@H](C)N1. The zero-order chi connectivity index (χ0) is 19.7. The molecule has 1 fully saturated rings. The average Bonchev–Trinajstić information content (AvgIpc) is 2.67. The summed E-state index contributed by atoms with van der Waals surface area (Å²) in [6, 6.07) is 13.6. The van der Waals surface area contributed by atoms with Gasteiger partial charge in [-0.2, -0.15) is 5.26 Å². The first kappa shape index (κ1) is 19.2. The molecule has 0 aliphatic carbocycles. The first-order valence-corrected chi connectivity index (χ1v) is 10.3. The van der Waals surface area contributed by atoms with Crippen LogP contribution >= 0.6 is 11.6 Å². The predicted molar refractivity (Wildman–Crippen MR) is 112 cm³/mol. The first-order chi connectivity index (χ1) is 13.5. The Balaban J connectivity index is 1.66. The van der Waals surface area contributed by atoms with Crippen LogP contribution in [-0.2, 0) is 19.5 Å². The van der Waals surface area contributed by atoms with Crippen molar-refractivity contribution in [2.75, 3.05) is 24.5 Å². The minimum atomic E-state index is 0.330. The normalized spacial score (nSPS) is 22.6. The second kappa shape index (κ2) is 8.08. The fraction of sp³-hybridized carbons (Fsp3) is 0.455. The van der Waals surface area contributed by atoms with E-state index < -0.39 is 0 Å². The van der Waals surface area contributed by atoms with Crippen molar-refractivity contribution >= 4 is 17.3 Å². The maximum Gasteiger partial charge on any atom is 0.149 e. The van der Waals surface area contributed by atoms with Gasteiger partial charge in [0.15, 0.2) is 0 Å². The summed E-state index contributed by atoms with van der Waals surface area (Å²) in [6.07, 6.45) is 0.892. The van der Waals surface area contributed by atoms with Crippen molar-refractivity contribution in [3.63, 3.8) is 0 Å². The van der Waals surface area contributed by atoms with Crippen molar-refractivity contribution in [2.24, 2.45) is 0 Å². The largest absolute Gasteiger partial charge is 0.367 e. The summed E-state index contributed by atoms with van der Waals surface area (Å²) in [5, 5.41) is 13.7. The molecular weight excluding hydrogens is 370 g/mol. The highest BCUT2D eigenvalue weighted by Crippen LogP contribution is 2.36. The van der Waals surface area contributed by atoms with Crippen molar-refractivity contribution < 1.29 is 0 Å². The molecule has 5 nitrogen and oxygen atoms in total. The van der Waals surface area contributed by atoms with E-state index in [1.54, 1.807) is 0 Å². The number of benzene rings is 1. The summed E-state index contributed by atoms with van der Waals surface area (Å²) in [5.41, 5.74) is 5.05. The standard InChI is InChI=1S/C22H26ClN5/c1-15-11-28(12-16(2)25-15)21-18-8-9-27(13-17-6-4-3-5-7-17)14-20(18)26-22(23)19(21)10-24/h3-7,15-16,25H,8-9,11-14H2,1-2H3/t15-,16+. The lowest BCUT2D eigenvalue weighted by Crippen LogP contribution is -2.55. The molecule has 1 saturated heterocycles. The van der Waals surface area contributed by atoms with Crippen LogP contribution in [0.1, 0.15) is 36.2 Å². The molecule has 2 aromatic rings.